The number of ether oxygens (including phenoxy) is 2. The Morgan fingerprint density at radius 1 is 0.879 bits per heavy atom. The van der Waals surface area contributed by atoms with E-state index in [4.69, 9.17) is 9.47 Å². The molecule has 6 heteroatoms. The Balaban J connectivity index is 1.80. The van der Waals surface area contributed by atoms with Crippen LogP contribution >= 0.6 is 0 Å². The molecule has 1 unspecified atom stereocenters. The monoisotopic (exact) mass is 442 g/mol. The van der Waals surface area contributed by atoms with Crippen molar-refractivity contribution >= 4 is 29.3 Å². The number of rotatable bonds is 6. The fourth-order valence-electron chi connectivity index (χ4n) is 4.07. The fourth-order valence-corrected chi connectivity index (χ4v) is 4.07. The average molecular weight is 443 g/mol. The first-order valence-electron chi connectivity index (χ1n) is 10.7. The van der Waals surface area contributed by atoms with Gasteiger partial charge in [-0.15, -0.1) is 0 Å². The van der Waals surface area contributed by atoms with E-state index in [0.717, 1.165) is 11.1 Å². The van der Waals surface area contributed by atoms with Gasteiger partial charge >= 0.3 is 0 Å². The summed E-state index contributed by atoms with van der Waals surface area (Å²) in [5, 5.41) is 0. The van der Waals surface area contributed by atoms with Gasteiger partial charge in [-0.3, -0.25) is 19.4 Å². The molecule has 2 amide bonds. The van der Waals surface area contributed by atoms with Crippen molar-refractivity contribution < 1.29 is 19.1 Å². The molecule has 3 aromatic rings. The van der Waals surface area contributed by atoms with Crippen LogP contribution in [0.5, 0.6) is 11.5 Å². The number of methoxy groups -OCH3 is 2. The topological polar surface area (TPSA) is 59.1 Å². The van der Waals surface area contributed by atoms with Crippen molar-refractivity contribution in [3.8, 4) is 11.5 Å². The molecule has 0 aromatic heterocycles. The minimum atomic E-state index is -0.801. The predicted molar refractivity (Wildman–Crippen MR) is 130 cm³/mol. The largest absolute Gasteiger partial charge is 0.497 e. The molecule has 0 saturated carbocycles. The number of para-hydroxylation sites is 2. The van der Waals surface area contributed by atoms with Gasteiger partial charge in [0.05, 0.1) is 19.9 Å². The van der Waals surface area contributed by atoms with Crippen LogP contribution in [-0.2, 0) is 9.59 Å². The normalized spacial score (nSPS) is 16.7. The number of benzene rings is 3. The first kappa shape index (κ1) is 22.1. The second-order valence-corrected chi connectivity index (χ2v) is 7.76. The van der Waals surface area contributed by atoms with Gasteiger partial charge in [-0.05, 0) is 54.5 Å². The number of nitrogens with zero attached hydrogens (tertiary/aromatic N) is 2. The van der Waals surface area contributed by atoms with Crippen LogP contribution in [0.3, 0.4) is 0 Å². The minimum Gasteiger partial charge on any atom is -0.497 e. The molecule has 3 aromatic carbocycles. The first-order chi connectivity index (χ1) is 16.0. The fraction of sp³-hybridized carbons (Fsp3) is 0.185. The molecule has 1 saturated heterocycles. The zero-order chi connectivity index (χ0) is 23.4. The molecule has 168 valence electrons. The molecule has 1 heterocycles. The lowest BCUT2D eigenvalue weighted by Gasteiger charge is -2.41. The third kappa shape index (κ3) is 4.46. The second-order valence-electron chi connectivity index (χ2n) is 7.76. The van der Waals surface area contributed by atoms with E-state index in [-0.39, 0.29) is 18.4 Å². The van der Waals surface area contributed by atoms with E-state index in [2.05, 4.69) is 0 Å². The summed E-state index contributed by atoms with van der Waals surface area (Å²) in [6, 6.07) is 23.3. The van der Waals surface area contributed by atoms with Gasteiger partial charge < -0.3 is 9.47 Å². The van der Waals surface area contributed by atoms with E-state index < -0.39 is 6.04 Å². The molecule has 6 nitrogen and oxygen atoms in total. The van der Waals surface area contributed by atoms with Crippen LogP contribution in [0.15, 0.2) is 84.4 Å². The van der Waals surface area contributed by atoms with Gasteiger partial charge in [-0.25, -0.2) is 0 Å². The van der Waals surface area contributed by atoms with E-state index in [0.29, 0.717) is 22.9 Å². The van der Waals surface area contributed by atoms with Gasteiger partial charge in [0, 0.05) is 5.69 Å². The molecule has 33 heavy (non-hydrogen) atoms. The van der Waals surface area contributed by atoms with E-state index in [1.54, 1.807) is 55.5 Å². The Labute approximate surface area is 193 Å². The maximum atomic E-state index is 13.9. The highest BCUT2D eigenvalue weighted by Crippen LogP contribution is 2.34. The van der Waals surface area contributed by atoms with E-state index in [9.17, 15) is 9.59 Å². The summed E-state index contributed by atoms with van der Waals surface area (Å²) >= 11 is 0. The smallest absolute Gasteiger partial charge is 0.255 e. The second kappa shape index (κ2) is 9.61. The summed E-state index contributed by atoms with van der Waals surface area (Å²) in [7, 11) is 3.14. The zero-order valence-electron chi connectivity index (χ0n) is 18.9. The highest BCUT2D eigenvalue weighted by molar-refractivity contribution is 6.16. The predicted octanol–water partition coefficient (Wildman–Crippen LogP) is 4.56. The average Bonchev–Trinajstić information content (AvgIpc) is 2.85. The van der Waals surface area contributed by atoms with Crippen LogP contribution < -0.4 is 19.3 Å². The highest BCUT2D eigenvalue weighted by Gasteiger charge is 2.42. The van der Waals surface area contributed by atoms with Gasteiger partial charge in [0.2, 0.25) is 5.91 Å². The quantitative estimate of drug-likeness (QED) is 0.562. The maximum absolute atomic E-state index is 13.9. The van der Waals surface area contributed by atoms with Gasteiger partial charge in [0.1, 0.15) is 24.1 Å². The van der Waals surface area contributed by atoms with Crippen molar-refractivity contribution in [2.24, 2.45) is 0 Å². The van der Waals surface area contributed by atoms with Crippen LogP contribution in [0, 0.1) is 0 Å². The number of hydrogen-bond acceptors (Lipinski definition) is 4. The number of hydrogen-bond donors (Lipinski definition) is 0. The molecule has 1 aliphatic rings. The van der Waals surface area contributed by atoms with Crippen molar-refractivity contribution in [1.29, 1.82) is 0 Å². The van der Waals surface area contributed by atoms with E-state index >= 15 is 0 Å². The lowest BCUT2D eigenvalue weighted by Crippen LogP contribution is -2.61. The maximum Gasteiger partial charge on any atom is 0.255 e. The number of piperazine rings is 1. The van der Waals surface area contributed by atoms with E-state index in [1.807, 2.05) is 55.5 Å². The third-order valence-electron chi connectivity index (χ3n) is 5.67. The first-order valence-corrected chi connectivity index (χ1v) is 10.7. The van der Waals surface area contributed by atoms with Crippen molar-refractivity contribution in [3.05, 3.63) is 90.0 Å². The number of carbonyl (C=O) groups is 2. The number of anilines is 2. The van der Waals surface area contributed by atoms with Crippen LogP contribution in [0.4, 0.5) is 11.4 Å². The van der Waals surface area contributed by atoms with Crippen LogP contribution in [-0.4, -0.2) is 38.6 Å². The summed E-state index contributed by atoms with van der Waals surface area (Å²) in [5.74, 6) is 0.842. The standard InChI is InChI=1S/C27H26N2O4/c1-19(17-20-9-5-4-6-10-20)26-27(31)28(23-11-7-8-12-24(23)33-3)18-25(30)29(26)21-13-15-22(32-2)16-14-21/h4-17,26H,18H2,1-3H3. The van der Waals surface area contributed by atoms with Crippen LogP contribution in [0.25, 0.3) is 6.08 Å². The van der Waals surface area contributed by atoms with Crippen LogP contribution in [0.1, 0.15) is 12.5 Å². The van der Waals surface area contributed by atoms with Crippen LogP contribution in [0.2, 0.25) is 0 Å². The molecular formula is C27H26N2O4. The van der Waals surface area contributed by atoms with Gasteiger partial charge in [0.15, 0.2) is 0 Å². The Morgan fingerprint density at radius 2 is 1.55 bits per heavy atom. The van der Waals surface area contributed by atoms with Crippen molar-refractivity contribution in [2.75, 3.05) is 30.6 Å². The minimum absolute atomic E-state index is 0.0830. The Kier molecular flexibility index (Phi) is 6.45. The van der Waals surface area contributed by atoms with E-state index in [1.165, 1.54) is 4.90 Å². The van der Waals surface area contributed by atoms with Crippen molar-refractivity contribution in [3.63, 3.8) is 0 Å². The van der Waals surface area contributed by atoms with Gasteiger partial charge in [-0.2, -0.15) is 0 Å². The summed E-state index contributed by atoms with van der Waals surface area (Å²) in [4.78, 5) is 30.4. The SMILES string of the molecule is COc1ccc(N2C(=O)CN(c3ccccc3OC)C(=O)C2C(C)=Cc2ccccc2)cc1. The molecule has 1 atom stereocenters. The molecular weight excluding hydrogens is 416 g/mol. The molecule has 0 aliphatic carbocycles. The molecule has 1 aliphatic heterocycles. The summed E-state index contributed by atoms with van der Waals surface area (Å²) < 4.78 is 10.7. The van der Waals surface area contributed by atoms with Crippen molar-refractivity contribution in [1.82, 2.24) is 0 Å². The summed E-state index contributed by atoms with van der Waals surface area (Å²) in [6.07, 6.45) is 1.94. The zero-order valence-corrected chi connectivity index (χ0v) is 18.9. The molecule has 4 rings (SSSR count). The molecule has 1 fully saturated rings. The number of amides is 2. The van der Waals surface area contributed by atoms with Gasteiger partial charge in [-0.1, -0.05) is 48.5 Å². The highest BCUT2D eigenvalue weighted by atomic mass is 16.5. The Bertz CT molecular complexity index is 1170. The Morgan fingerprint density at radius 3 is 2.21 bits per heavy atom. The molecule has 0 bridgehead atoms. The van der Waals surface area contributed by atoms with Crippen molar-refractivity contribution in [2.45, 2.75) is 13.0 Å². The lowest BCUT2D eigenvalue weighted by molar-refractivity contribution is -0.127. The van der Waals surface area contributed by atoms with Gasteiger partial charge in [0.25, 0.3) is 5.91 Å². The number of carbonyl (C=O) groups excluding carboxylic acids is 2. The summed E-state index contributed by atoms with van der Waals surface area (Å²) in [5.41, 5.74) is 2.93. The molecule has 0 radical (unpaired) electrons. The Hall–Kier alpha value is -4.06. The molecule has 0 N–H and O–H groups in total. The third-order valence-corrected chi connectivity index (χ3v) is 5.67. The molecule has 0 spiro atoms. The lowest BCUT2D eigenvalue weighted by atomic mass is 9.98. The summed E-state index contributed by atoms with van der Waals surface area (Å²) in [6.45, 7) is 1.80.